The lowest BCUT2D eigenvalue weighted by atomic mass is 9.88. The van der Waals surface area contributed by atoms with Crippen molar-refractivity contribution in [3.8, 4) is 0 Å². The van der Waals surface area contributed by atoms with Gasteiger partial charge in [-0.1, -0.05) is 32.9 Å². The molecule has 0 saturated carbocycles. The predicted octanol–water partition coefficient (Wildman–Crippen LogP) is 4.68. The Hall–Kier alpha value is -0.990. The van der Waals surface area contributed by atoms with Gasteiger partial charge in [0.2, 0.25) is 0 Å². The van der Waals surface area contributed by atoms with E-state index in [1.807, 2.05) is 0 Å². The second kappa shape index (κ2) is 4.48. The molecule has 1 aromatic rings. The minimum Gasteiger partial charge on any atom is -0.166 e. The Kier molecular flexibility index (Phi) is 3.66. The van der Waals surface area contributed by atoms with Gasteiger partial charge in [-0.05, 0) is 36.0 Å². The van der Waals surface area contributed by atoms with E-state index >= 15 is 0 Å². The predicted molar refractivity (Wildman–Crippen MR) is 59.2 cm³/mol. The van der Waals surface area contributed by atoms with Crippen molar-refractivity contribution >= 4 is 0 Å². The maximum absolute atomic E-state index is 12.3. The van der Waals surface area contributed by atoms with Gasteiger partial charge in [-0.15, -0.1) is 0 Å². The van der Waals surface area contributed by atoms with Crippen molar-refractivity contribution in [2.24, 2.45) is 5.41 Å². The van der Waals surface area contributed by atoms with Crippen LogP contribution in [0.15, 0.2) is 24.3 Å². The molecular formula is C13H17F3. The Morgan fingerprint density at radius 3 is 1.81 bits per heavy atom. The molecule has 0 aliphatic rings. The molecule has 16 heavy (non-hydrogen) atoms. The van der Waals surface area contributed by atoms with Crippen LogP contribution in [0.2, 0.25) is 0 Å². The third kappa shape index (κ3) is 4.25. The summed E-state index contributed by atoms with van der Waals surface area (Å²) in [6.07, 6.45) is -2.44. The molecule has 0 atom stereocenters. The Labute approximate surface area is 94.5 Å². The van der Waals surface area contributed by atoms with Gasteiger partial charge in [0.1, 0.15) is 0 Å². The molecule has 0 fully saturated rings. The van der Waals surface area contributed by atoms with E-state index in [9.17, 15) is 13.2 Å². The van der Waals surface area contributed by atoms with E-state index in [1.54, 1.807) is 12.1 Å². The van der Waals surface area contributed by atoms with Gasteiger partial charge < -0.3 is 0 Å². The maximum atomic E-state index is 12.3. The zero-order valence-corrected chi connectivity index (χ0v) is 9.86. The van der Waals surface area contributed by atoms with Crippen molar-refractivity contribution in [1.82, 2.24) is 0 Å². The van der Waals surface area contributed by atoms with Crippen LogP contribution in [-0.4, -0.2) is 0 Å². The summed E-state index contributed by atoms with van der Waals surface area (Å²) in [6, 6.07) is 5.43. The van der Waals surface area contributed by atoms with Gasteiger partial charge in [-0.2, -0.15) is 13.2 Å². The molecule has 0 heterocycles. The molecule has 0 aromatic heterocycles. The fraction of sp³-hybridized carbons (Fsp3) is 0.538. The first-order valence-electron chi connectivity index (χ1n) is 5.35. The van der Waals surface area contributed by atoms with Crippen LogP contribution in [0.1, 0.15) is 38.3 Å². The standard InChI is InChI=1S/C13H17F3/c1-12(2,3)9-8-10-4-6-11(7-5-10)13(14,15)16/h4-7H,8-9H2,1-3H3. The van der Waals surface area contributed by atoms with Gasteiger partial charge in [0, 0.05) is 0 Å². The quantitative estimate of drug-likeness (QED) is 0.691. The molecule has 1 aromatic carbocycles. The highest BCUT2D eigenvalue weighted by Crippen LogP contribution is 2.29. The first kappa shape index (κ1) is 13.1. The minimum atomic E-state index is -4.23. The second-order valence-electron chi connectivity index (χ2n) is 5.26. The van der Waals surface area contributed by atoms with E-state index in [0.717, 1.165) is 30.5 Å². The van der Waals surface area contributed by atoms with Gasteiger partial charge >= 0.3 is 6.18 Å². The Bertz CT molecular complexity index is 328. The molecule has 0 aliphatic carbocycles. The molecule has 90 valence electrons. The van der Waals surface area contributed by atoms with Gasteiger partial charge in [-0.3, -0.25) is 0 Å². The van der Waals surface area contributed by atoms with Crippen molar-refractivity contribution in [3.05, 3.63) is 35.4 Å². The van der Waals surface area contributed by atoms with Gasteiger partial charge in [0.25, 0.3) is 0 Å². The molecule has 0 N–H and O–H groups in total. The molecule has 0 bridgehead atoms. The van der Waals surface area contributed by atoms with Crippen LogP contribution in [0.3, 0.4) is 0 Å². The molecule has 0 amide bonds. The zero-order valence-electron chi connectivity index (χ0n) is 9.86. The third-order valence-corrected chi connectivity index (χ3v) is 2.44. The highest BCUT2D eigenvalue weighted by molar-refractivity contribution is 5.24. The number of aryl methyl sites for hydroxylation is 1. The Morgan fingerprint density at radius 1 is 0.938 bits per heavy atom. The van der Waals surface area contributed by atoms with E-state index in [-0.39, 0.29) is 5.41 Å². The lowest BCUT2D eigenvalue weighted by molar-refractivity contribution is -0.137. The molecule has 0 saturated heterocycles. The van der Waals surface area contributed by atoms with Gasteiger partial charge in [0.15, 0.2) is 0 Å². The molecule has 1 rings (SSSR count). The van der Waals surface area contributed by atoms with E-state index in [1.165, 1.54) is 0 Å². The third-order valence-electron chi connectivity index (χ3n) is 2.44. The summed E-state index contributed by atoms with van der Waals surface area (Å²) in [5.74, 6) is 0. The topological polar surface area (TPSA) is 0 Å². The normalized spacial score (nSPS) is 12.9. The van der Waals surface area contributed by atoms with Crippen molar-refractivity contribution in [1.29, 1.82) is 0 Å². The summed E-state index contributed by atoms with van der Waals surface area (Å²) in [5, 5.41) is 0. The zero-order chi connectivity index (χ0) is 12.4. The monoisotopic (exact) mass is 230 g/mol. The number of rotatable bonds is 2. The summed E-state index contributed by atoms with van der Waals surface area (Å²) in [6.45, 7) is 6.37. The molecule has 0 aliphatic heterocycles. The molecule has 3 heteroatoms. The summed E-state index contributed by atoms with van der Waals surface area (Å²) in [5.41, 5.74) is 0.595. The summed E-state index contributed by atoms with van der Waals surface area (Å²) in [7, 11) is 0. The van der Waals surface area contributed by atoms with Crippen LogP contribution < -0.4 is 0 Å². The van der Waals surface area contributed by atoms with Crippen molar-refractivity contribution in [2.45, 2.75) is 39.8 Å². The summed E-state index contributed by atoms with van der Waals surface area (Å²) >= 11 is 0. The minimum absolute atomic E-state index is 0.211. The van der Waals surface area contributed by atoms with Gasteiger partial charge in [-0.25, -0.2) is 0 Å². The van der Waals surface area contributed by atoms with Crippen LogP contribution >= 0.6 is 0 Å². The van der Waals surface area contributed by atoms with Crippen molar-refractivity contribution in [2.75, 3.05) is 0 Å². The molecule has 0 unspecified atom stereocenters. The average Bonchev–Trinajstić information content (AvgIpc) is 2.13. The Balaban J connectivity index is 2.66. The fourth-order valence-electron chi connectivity index (χ4n) is 1.38. The highest BCUT2D eigenvalue weighted by atomic mass is 19.4. The van der Waals surface area contributed by atoms with Crippen LogP contribution in [0.5, 0.6) is 0 Å². The van der Waals surface area contributed by atoms with E-state index < -0.39 is 11.7 Å². The van der Waals surface area contributed by atoms with E-state index in [2.05, 4.69) is 20.8 Å². The molecule has 0 radical (unpaired) electrons. The van der Waals surface area contributed by atoms with Crippen molar-refractivity contribution in [3.63, 3.8) is 0 Å². The Morgan fingerprint density at radius 2 is 1.44 bits per heavy atom. The maximum Gasteiger partial charge on any atom is 0.416 e. The summed E-state index contributed by atoms with van der Waals surface area (Å²) < 4.78 is 36.9. The molecule has 0 nitrogen and oxygen atoms in total. The van der Waals surface area contributed by atoms with Crippen LogP contribution in [0.4, 0.5) is 13.2 Å². The molecule has 0 spiro atoms. The first-order chi connectivity index (χ1) is 7.18. The van der Waals surface area contributed by atoms with E-state index in [4.69, 9.17) is 0 Å². The number of benzene rings is 1. The van der Waals surface area contributed by atoms with Crippen LogP contribution in [-0.2, 0) is 12.6 Å². The average molecular weight is 230 g/mol. The second-order valence-corrected chi connectivity index (χ2v) is 5.26. The lowest BCUT2D eigenvalue weighted by Crippen LogP contribution is -2.07. The fourth-order valence-corrected chi connectivity index (χ4v) is 1.38. The van der Waals surface area contributed by atoms with Crippen LogP contribution in [0.25, 0.3) is 0 Å². The smallest absolute Gasteiger partial charge is 0.166 e. The van der Waals surface area contributed by atoms with Gasteiger partial charge in [0.05, 0.1) is 5.56 Å². The highest BCUT2D eigenvalue weighted by Gasteiger charge is 2.29. The van der Waals surface area contributed by atoms with Crippen LogP contribution in [0, 0.1) is 5.41 Å². The summed E-state index contributed by atoms with van der Waals surface area (Å²) in [4.78, 5) is 0. The number of alkyl halides is 3. The lowest BCUT2D eigenvalue weighted by Gasteiger charge is -2.17. The number of halogens is 3. The number of hydrogen-bond donors (Lipinski definition) is 0. The SMILES string of the molecule is CC(C)(C)CCc1ccc(C(F)(F)F)cc1. The van der Waals surface area contributed by atoms with E-state index in [0.29, 0.717) is 0 Å². The van der Waals surface area contributed by atoms with Crippen molar-refractivity contribution < 1.29 is 13.2 Å². The molecular weight excluding hydrogens is 213 g/mol. The largest absolute Gasteiger partial charge is 0.416 e. The first-order valence-corrected chi connectivity index (χ1v) is 5.35. The number of hydrogen-bond acceptors (Lipinski definition) is 0.